The molecular weight excluding hydrogens is 218 g/mol. The fraction of sp³-hybridized carbons (Fsp3) is 0.583. The van der Waals surface area contributed by atoms with Crippen molar-refractivity contribution < 1.29 is 9.90 Å². The van der Waals surface area contributed by atoms with Gasteiger partial charge in [-0.2, -0.15) is 0 Å². The minimum Gasteiger partial charge on any atom is -0.478 e. The Bertz CT molecular complexity index is 414. The summed E-state index contributed by atoms with van der Waals surface area (Å²) in [5.74, 6) is -0.279. The molecule has 1 N–H and O–H groups in total. The van der Waals surface area contributed by atoms with Crippen LogP contribution in [-0.2, 0) is 6.42 Å². The van der Waals surface area contributed by atoms with Gasteiger partial charge in [-0.25, -0.2) is 14.8 Å². The van der Waals surface area contributed by atoms with Crippen LogP contribution in [0.2, 0.25) is 0 Å². The van der Waals surface area contributed by atoms with E-state index in [1.165, 1.54) is 12.6 Å². The molecule has 1 aromatic rings. The molecule has 0 aromatic carbocycles. The van der Waals surface area contributed by atoms with Gasteiger partial charge in [0.15, 0.2) is 0 Å². The van der Waals surface area contributed by atoms with E-state index < -0.39 is 5.97 Å². The first-order valence-corrected chi connectivity index (χ1v) is 6.06. The molecule has 5 nitrogen and oxygen atoms in total. The molecule has 1 aliphatic rings. The highest BCUT2D eigenvalue weighted by molar-refractivity contribution is 5.88. The smallest absolute Gasteiger partial charge is 0.339 e. The van der Waals surface area contributed by atoms with E-state index in [1.54, 1.807) is 0 Å². The van der Waals surface area contributed by atoms with Crippen LogP contribution >= 0.6 is 0 Å². The van der Waals surface area contributed by atoms with Crippen molar-refractivity contribution >= 4 is 11.9 Å². The Hall–Kier alpha value is -1.65. The minimum atomic E-state index is -0.952. The van der Waals surface area contributed by atoms with Gasteiger partial charge in [-0.15, -0.1) is 0 Å². The van der Waals surface area contributed by atoms with Gasteiger partial charge in [0.25, 0.3) is 0 Å². The number of carboxylic acid groups (broad SMARTS) is 1. The Balaban J connectivity index is 2.27. The highest BCUT2D eigenvalue weighted by Crippen LogP contribution is 2.17. The van der Waals surface area contributed by atoms with E-state index in [-0.39, 0.29) is 5.56 Å². The first-order valence-electron chi connectivity index (χ1n) is 6.06. The summed E-state index contributed by atoms with van der Waals surface area (Å²) >= 11 is 0. The Morgan fingerprint density at radius 1 is 1.41 bits per heavy atom. The molecule has 1 saturated heterocycles. The molecule has 0 unspecified atom stereocenters. The number of aromatic carboxylic acids is 1. The molecule has 1 aromatic heterocycles. The van der Waals surface area contributed by atoms with Gasteiger partial charge in [0.2, 0.25) is 5.95 Å². The summed E-state index contributed by atoms with van der Waals surface area (Å²) in [5.41, 5.74) is 0.835. The number of anilines is 1. The van der Waals surface area contributed by atoms with E-state index in [9.17, 15) is 4.79 Å². The standard InChI is InChI=1S/C12H17N3O2/c1-2-10-9(11(16)17)8-13-12(14-10)15-6-4-3-5-7-15/h8H,2-7H2,1H3,(H,16,17). The summed E-state index contributed by atoms with van der Waals surface area (Å²) in [5, 5.41) is 9.00. The predicted molar refractivity (Wildman–Crippen MR) is 64.4 cm³/mol. The van der Waals surface area contributed by atoms with Crippen LogP contribution in [0.15, 0.2) is 6.20 Å². The number of hydrogen-bond acceptors (Lipinski definition) is 4. The molecule has 1 aliphatic heterocycles. The van der Waals surface area contributed by atoms with E-state index >= 15 is 0 Å². The lowest BCUT2D eigenvalue weighted by Gasteiger charge is -2.26. The molecule has 2 heterocycles. The third kappa shape index (κ3) is 2.54. The molecule has 5 heteroatoms. The quantitative estimate of drug-likeness (QED) is 0.864. The average molecular weight is 235 g/mol. The average Bonchev–Trinajstić information content (AvgIpc) is 2.39. The monoisotopic (exact) mass is 235 g/mol. The van der Waals surface area contributed by atoms with Crippen molar-refractivity contribution in [2.45, 2.75) is 32.6 Å². The van der Waals surface area contributed by atoms with Gasteiger partial charge in [-0.1, -0.05) is 6.92 Å². The lowest BCUT2D eigenvalue weighted by molar-refractivity contribution is 0.0694. The Kier molecular flexibility index (Phi) is 3.56. The van der Waals surface area contributed by atoms with Gasteiger partial charge in [0.05, 0.1) is 11.3 Å². The predicted octanol–water partition coefficient (Wildman–Crippen LogP) is 1.73. The summed E-state index contributed by atoms with van der Waals surface area (Å²) in [7, 11) is 0. The van der Waals surface area contributed by atoms with Crippen LogP contribution in [0.5, 0.6) is 0 Å². The number of hydrogen-bond donors (Lipinski definition) is 1. The van der Waals surface area contributed by atoms with Crippen molar-refractivity contribution in [3.63, 3.8) is 0 Å². The summed E-state index contributed by atoms with van der Waals surface area (Å²) in [6.07, 6.45) is 5.62. The molecule has 0 bridgehead atoms. The SMILES string of the molecule is CCc1nc(N2CCCCC2)ncc1C(=O)O. The molecule has 2 rings (SSSR count). The minimum absolute atomic E-state index is 0.216. The van der Waals surface area contributed by atoms with Crippen LogP contribution in [0.4, 0.5) is 5.95 Å². The Morgan fingerprint density at radius 2 is 2.12 bits per heavy atom. The second-order valence-electron chi connectivity index (χ2n) is 4.24. The zero-order valence-electron chi connectivity index (χ0n) is 10.0. The molecule has 0 spiro atoms. The molecule has 17 heavy (non-hydrogen) atoms. The van der Waals surface area contributed by atoms with Gasteiger partial charge < -0.3 is 10.0 Å². The number of carbonyl (C=O) groups is 1. The first kappa shape index (κ1) is 11.8. The van der Waals surface area contributed by atoms with Gasteiger partial charge in [0, 0.05) is 19.3 Å². The number of piperidine rings is 1. The van der Waals surface area contributed by atoms with E-state index in [1.807, 2.05) is 6.92 Å². The van der Waals surface area contributed by atoms with E-state index in [2.05, 4.69) is 14.9 Å². The molecule has 1 fully saturated rings. The molecule has 0 radical (unpaired) electrons. The van der Waals surface area contributed by atoms with E-state index in [4.69, 9.17) is 5.11 Å². The van der Waals surface area contributed by atoms with Crippen molar-refractivity contribution in [3.05, 3.63) is 17.5 Å². The maximum Gasteiger partial charge on any atom is 0.339 e. The van der Waals surface area contributed by atoms with Crippen LogP contribution in [0, 0.1) is 0 Å². The van der Waals surface area contributed by atoms with Crippen LogP contribution in [0.25, 0.3) is 0 Å². The summed E-state index contributed by atoms with van der Waals surface area (Å²) in [6, 6.07) is 0. The molecule has 0 amide bonds. The van der Waals surface area contributed by atoms with E-state index in [0.717, 1.165) is 25.9 Å². The third-order valence-electron chi connectivity index (χ3n) is 3.06. The Labute approximate surface area is 100 Å². The van der Waals surface area contributed by atoms with Gasteiger partial charge in [-0.05, 0) is 25.7 Å². The van der Waals surface area contributed by atoms with Crippen molar-refractivity contribution in [3.8, 4) is 0 Å². The zero-order chi connectivity index (χ0) is 12.3. The molecular formula is C12H17N3O2. The van der Waals surface area contributed by atoms with Gasteiger partial charge in [0.1, 0.15) is 0 Å². The number of carboxylic acids is 1. The van der Waals surface area contributed by atoms with Crippen LogP contribution < -0.4 is 4.90 Å². The zero-order valence-corrected chi connectivity index (χ0v) is 10.0. The Morgan fingerprint density at radius 3 is 2.71 bits per heavy atom. The lowest BCUT2D eigenvalue weighted by atomic mass is 10.1. The highest BCUT2D eigenvalue weighted by Gasteiger charge is 2.17. The van der Waals surface area contributed by atoms with Crippen molar-refractivity contribution in [2.24, 2.45) is 0 Å². The first-order chi connectivity index (χ1) is 8.22. The largest absolute Gasteiger partial charge is 0.478 e. The third-order valence-corrected chi connectivity index (χ3v) is 3.06. The fourth-order valence-electron chi connectivity index (χ4n) is 2.10. The summed E-state index contributed by atoms with van der Waals surface area (Å²) in [6.45, 7) is 3.85. The van der Waals surface area contributed by atoms with Crippen molar-refractivity contribution in [1.82, 2.24) is 9.97 Å². The van der Waals surface area contributed by atoms with Crippen LogP contribution in [0.3, 0.4) is 0 Å². The topological polar surface area (TPSA) is 66.3 Å². The number of aryl methyl sites for hydroxylation is 1. The number of rotatable bonds is 3. The fourth-order valence-corrected chi connectivity index (χ4v) is 2.10. The van der Waals surface area contributed by atoms with Crippen molar-refractivity contribution in [1.29, 1.82) is 0 Å². The molecule has 92 valence electrons. The summed E-state index contributed by atoms with van der Waals surface area (Å²) in [4.78, 5) is 21.6. The molecule has 0 saturated carbocycles. The van der Waals surface area contributed by atoms with Gasteiger partial charge >= 0.3 is 5.97 Å². The van der Waals surface area contributed by atoms with Crippen LogP contribution in [-0.4, -0.2) is 34.1 Å². The normalized spacial score (nSPS) is 15.9. The second-order valence-corrected chi connectivity index (χ2v) is 4.24. The number of nitrogens with zero attached hydrogens (tertiary/aromatic N) is 3. The maximum absolute atomic E-state index is 11.0. The highest BCUT2D eigenvalue weighted by atomic mass is 16.4. The van der Waals surface area contributed by atoms with Gasteiger partial charge in [-0.3, -0.25) is 0 Å². The van der Waals surface area contributed by atoms with E-state index in [0.29, 0.717) is 18.1 Å². The van der Waals surface area contributed by atoms with Crippen molar-refractivity contribution in [2.75, 3.05) is 18.0 Å². The molecule has 0 aliphatic carbocycles. The number of aromatic nitrogens is 2. The lowest BCUT2D eigenvalue weighted by Crippen LogP contribution is -2.31. The summed E-state index contributed by atoms with van der Waals surface area (Å²) < 4.78 is 0. The maximum atomic E-state index is 11.0. The van der Waals surface area contributed by atoms with Crippen LogP contribution in [0.1, 0.15) is 42.2 Å². The molecule has 0 atom stereocenters. The second kappa shape index (κ2) is 5.12.